The van der Waals surface area contributed by atoms with Crippen molar-refractivity contribution in [3.63, 3.8) is 0 Å². The first kappa shape index (κ1) is 14.7. The van der Waals surface area contributed by atoms with Crippen molar-refractivity contribution in [2.75, 3.05) is 19.7 Å². The number of benzene rings is 1. The average Bonchev–Trinajstić information content (AvgIpc) is 3.18. The molecule has 2 amide bonds. The van der Waals surface area contributed by atoms with Crippen molar-refractivity contribution in [2.45, 2.75) is 44.4 Å². The molecule has 2 atom stereocenters. The van der Waals surface area contributed by atoms with E-state index in [1.165, 1.54) is 0 Å². The minimum atomic E-state index is -0.553. The van der Waals surface area contributed by atoms with Gasteiger partial charge in [-0.3, -0.25) is 9.59 Å². The minimum Gasteiger partial charge on any atom is -0.351 e. The Morgan fingerprint density at radius 3 is 2.96 bits per heavy atom. The van der Waals surface area contributed by atoms with Crippen molar-refractivity contribution in [3.05, 3.63) is 35.4 Å². The summed E-state index contributed by atoms with van der Waals surface area (Å²) >= 11 is 0. The summed E-state index contributed by atoms with van der Waals surface area (Å²) in [4.78, 5) is 28.9. The lowest BCUT2D eigenvalue weighted by molar-refractivity contribution is -0.136. The molecular weight excluding hydrogens is 292 g/mol. The summed E-state index contributed by atoms with van der Waals surface area (Å²) in [5, 5.41) is 0. The van der Waals surface area contributed by atoms with E-state index in [0.717, 1.165) is 12.0 Å². The number of carbonyl (C=O) groups is 2. The molecule has 0 unspecified atom stereocenters. The molecule has 1 spiro atoms. The van der Waals surface area contributed by atoms with E-state index in [-0.39, 0.29) is 17.9 Å². The van der Waals surface area contributed by atoms with Gasteiger partial charge in [0.2, 0.25) is 5.91 Å². The minimum absolute atomic E-state index is 0.0134. The summed E-state index contributed by atoms with van der Waals surface area (Å²) in [5.41, 5.74) is 1.31. The van der Waals surface area contributed by atoms with E-state index in [2.05, 4.69) is 13.8 Å². The molecule has 1 aromatic carbocycles. The molecular formula is C18H22N2O3. The highest BCUT2D eigenvalue weighted by molar-refractivity contribution is 5.96. The number of likely N-dealkylation sites (tertiary alicyclic amines) is 1. The van der Waals surface area contributed by atoms with E-state index in [1.54, 1.807) is 0 Å². The highest BCUT2D eigenvalue weighted by Gasteiger charge is 2.62. The van der Waals surface area contributed by atoms with E-state index >= 15 is 0 Å². The van der Waals surface area contributed by atoms with Crippen LogP contribution in [0.4, 0.5) is 0 Å². The van der Waals surface area contributed by atoms with Gasteiger partial charge in [0.15, 0.2) is 5.72 Å². The predicted octanol–water partition coefficient (Wildman–Crippen LogP) is 1.98. The summed E-state index contributed by atoms with van der Waals surface area (Å²) in [6, 6.07) is 7.68. The third-order valence-corrected chi connectivity index (χ3v) is 5.46. The number of nitrogens with zero attached hydrogens (tertiary/aromatic N) is 2. The van der Waals surface area contributed by atoms with E-state index in [1.807, 2.05) is 34.1 Å². The number of amides is 2. The van der Waals surface area contributed by atoms with Crippen LogP contribution in [0.2, 0.25) is 0 Å². The van der Waals surface area contributed by atoms with Gasteiger partial charge >= 0.3 is 0 Å². The van der Waals surface area contributed by atoms with E-state index in [9.17, 15) is 9.59 Å². The van der Waals surface area contributed by atoms with Crippen LogP contribution in [0.1, 0.15) is 48.5 Å². The topological polar surface area (TPSA) is 49.9 Å². The fraction of sp³-hybridized carbons (Fsp3) is 0.556. The van der Waals surface area contributed by atoms with Crippen molar-refractivity contribution in [3.8, 4) is 0 Å². The third-order valence-electron chi connectivity index (χ3n) is 5.46. The van der Waals surface area contributed by atoms with E-state index in [4.69, 9.17) is 4.74 Å². The summed E-state index contributed by atoms with van der Waals surface area (Å²) in [5.74, 6) is 0.509. The van der Waals surface area contributed by atoms with E-state index < -0.39 is 5.72 Å². The lowest BCUT2D eigenvalue weighted by Gasteiger charge is -2.31. The predicted molar refractivity (Wildman–Crippen MR) is 85.0 cm³/mol. The number of ether oxygens (including phenoxy) is 1. The Kier molecular flexibility index (Phi) is 3.23. The summed E-state index contributed by atoms with van der Waals surface area (Å²) < 4.78 is 5.95. The molecule has 3 heterocycles. The average molecular weight is 314 g/mol. The first-order valence-electron chi connectivity index (χ1n) is 8.38. The first-order valence-corrected chi connectivity index (χ1v) is 8.38. The second kappa shape index (κ2) is 5.06. The Balaban J connectivity index is 1.63. The van der Waals surface area contributed by atoms with Crippen LogP contribution in [-0.4, -0.2) is 53.1 Å². The normalized spacial score (nSPS) is 29.3. The fourth-order valence-corrected chi connectivity index (χ4v) is 4.23. The molecule has 4 rings (SSSR count). The molecule has 0 saturated carbocycles. The lowest BCUT2D eigenvalue weighted by Crippen LogP contribution is -2.48. The smallest absolute Gasteiger partial charge is 0.254 e. The van der Waals surface area contributed by atoms with Crippen molar-refractivity contribution < 1.29 is 14.3 Å². The zero-order valence-corrected chi connectivity index (χ0v) is 13.6. The van der Waals surface area contributed by atoms with Gasteiger partial charge in [-0.25, -0.2) is 0 Å². The van der Waals surface area contributed by atoms with Gasteiger partial charge in [0.1, 0.15) is 0 Å². The molecule has 0 bridgehead atoms. The zero-order valence-electron chi connectivity index (χ0n) is 13.6. The summed E-state index contributed by atoms with van der Waals surface area (Å²) in [6.07, 6.45) is 1.11. The maximum atomic E-state index is 13.0. The maximum Gasteiger partial charge on any atom is 0.254 e. The van der Waals surface area contributed by atoms with Crippen molar-refractivity contribution in [1.29, 1.82) is 0 Å². The molecule has 5 heteroatoms. The van der Waals surface area contributed by atoms with Gasteiger partial charge < -0.3 is 14.5 Å². The van der Waals surface area contributed by atoms with Gasteiger partial charge in [0.25, 0.3) is 5.91 Å². The van der Waals surface area contributed by atoms with Gasteiger partial charge in [-0.05, 0) is 23.6 Å². The quantitative estimate of drug-likeness (QED) is 0.839. The second-order valence-electron chi connectivity index (χ2n) is 6.99. The maximum absolute atomic E-state index is 13.0. The van der Waals surface area contributed by atoms with Gasteiger partial charge in [-0.1, -0.05) is 26.0 Å². The van der Waals surface area contributed by atoms with Crippen molar-refractivity contribution in [1.82, 2.24) is 9.80 Å². The van der Waals surface area contributed by atoms with Gasteiger partial charge in [0.05, 0.1) is 19.1 Å². The first-order chi connectivity index (χ1) is 11.0. The van der Waals surface area contributed by atoms with Crippen LogP contribution in [0.25, 0.3) is 0 Å². The van der Waals surface area contributed by atoms with E-state index in [0.29, 0.717) is 37.6 Å². The fourth-order valence-electron chi connectivity index (χ4n) is 4.23. The number of hydrogen-bond donors (Lipinski definition) is 0. The second-order valence-corrected chi connectivity index (χ2v) is 6.99. The van der Waals surface area contributed by atoms with Crippen LogP contribution in [0.15, 0.2) is 24.3 Å². The van der Waals surface area contributed by atoms with Crippen molar-refractivity contribution in [2.24, 2.45) is 0 Å². The Bertz CT molecular complexity index is 672. The van der Waals surface area contributed by atoms with Crippen LogP contribution in [0.5, 0.6) is 0 Å². The largest absolute Gasteiger partial charge is 0.351 e. The molecule has 1 aromatic rings. The summed E-state index contributed by atoms with van der Waals surface area (Å²) in [7, 11) is 0. The standard InChI is InChI=1S/C18H22N2O3/c1-12(2)13-4-3-5-14(10-13)17(22)19-7-6-18-15(19)11-16(21)20(18)8-9-23-18/h3-5,10,12,15H,6-9,11H2,1-2H3/t15-,18+/m1/s1. The Morgan fingerprint density at radius 2 is 2.17 bits per heavy atom. The highest BCUT2D eigenvalue weighted by atomic mass is 16.5. The Labute approximate surface area is 136 Å². The molecule has 0 aliphatic carbocycles. The van der Waals surface area contributed by atoms with Crippen LogP contribution < -0.4 is 0 Å². The van der Waals surface area contributed by atoms with Gasteiger partial charge in [0, 0.05) is 25.1 Å². The van der Waals surface area contributed by atoms with Crippen LogP contribution >= 0.6 is 0 Å². The number of rotatable bonds is 2. The summed E-state index contributed by atoms with van der Waals surface area (Å²) in [6.45, 7) is 6.12. The zero-order chi connectivity index (χ0) is 16.2. The SMILES string of the molecule is CC(C)c1cccc(C(=O)N2CC[C@@]34OCCN3C(=O)C[C@@H]24)c1. The molecule has 23 heavy (non-hydrogen) atoms. The number of hydrogen-bond acceptors (Lipinski definition) is 3. The van der Waals surface area contributed by atoms with Gasteiger partial charge in [-0.15, -0.1) is 0 Å². The Morgan fingerprint density at radius 1 is 1.35 bits per heavy atom. The molecule has 0 N–H and O–H groups in total. The Hall–Kier alpha value is -1.88. The molecule has 122 valence electrons. The molecule has 3 aliphatic heterocycles. The number of carbonyl (C=O) groups excluding carboxylic acids is 2. The lowest BCUT2D eigenvalue weighted by atomic mass is 10.00. The molecule has 5 nitrogen and oxygen atoms in total. The molecule has 3 fully saturated rings. The molecule has 3 saturated heterocycles. The monoisotopic (exact) mass is 314 g/mol. The van der Waals surface area contributed by atoms with Gasteiger partial charge in [-0.2, -0.15) is 0 Å². The van der Waals surface area contributed by atoms with Crippen molar-refractivity contribution >= 4 is 11.8 Å². The van der Waals surface area contributed by atoms with Crippen LogP contribution in [0.3, 0.4) is 0 Å². The van der Waals surface area contributed by atoms with Crippen LogP contribution in [-0.2, 0) is 9.53 Å². The molecule has 0 radical (unpaired) electrons. The molecule has 3 aliphatic rings. The van der Waals surface area contributed by atoms with Crippen LogP contribution in [0, 0.1) is 0 Å². The molecule has 0 aromatic heterocycles. The third kappa shape index (κ3) is 2.02. The highest BCUT2D eigenvalue weighted by Crippen LogP contribution is 2.45.